The van der Waals surface area contributed by atoms with Crippen LogP contribution in [0.15, 0.2) is 66.7 Å². The minimum Gasteiger partial charge on any atom is -0.508 e. The number of amides is 2. The Labute approximate surface area is 152 Å². The highest BCUT2D eigenvalue weighted by Crippen LogP contribution is 2.24. The number of fused-ring (bicyclic) bond motifs is 1. The highest BCUT2D eigenvalue weighted by molar-refractivity contribution is 6.01. The lowest BCUT2D eigenvalue weighted by Crippen LogP contribution is -2.37. The van der Waals surface area contributed by atoms with Crippen molar-refractivity contribution in [3.63, 3.8) is 0 Å². The molecule has 0 unspecified atom stereocenters. The zero-order valence-electron chi connectivity index (χ0n) is 14.6. The van der Waals surface area contributed by atoms with Gasteiger partial charge in [0.15, 0.2) is 0 Å². The van der Waals surface area contributed by atoms with Crippen LogP contribution in [-0.4, -0.2) is 34.2 Å². The molecule has 3 aromatic rings. The standard InChI is InChI=1S/C21H22N2O3/c1-2-23(14-20(25)16-9-5-10-17(24)13-16)21(26)22-19-12-6-8-15-7-3-4-11-18(15)19/h3-13,20,24-25H,2,14H2,1H3,(H,22,26)/t20-/m1/s1. The molecule has 0 bridgehead atoms. The lowest BCUT2D eigenvalue weighted by Gasteiger charge is -2.25. The van der Waals surface area contributed by atoms with Crippen molar-refractivity contribution in [2.45, 2.75) is 13.0 Å². The van der Waals surface area contributed by atoms with E-state index in [-0.39, 0.29) is 18.3 Å². The van der Waals surface area contributed by atoms with Crippen LogP contribution in [0.1, 0.15) is 18.6 Å². The first-order chi connectivity index (χ1) is 12.6. The summed E-state index contributed by atoms with van der Waals surface area (Å²) in [6.07, 6.45) is -0.875. The first-order valence-corrected chi connectivity index (χ1v) is 8.59. The maximum absolute atomic E-state index is 12.7. The number of hydrogen-bond donors (Lipinski definition) is 3. The van der Waals surface area contributed by atoms with Crippen LogP contribution < -0.4 is 5.32 Å². The van der Waals surface area contributed by atoms with Gasteiger partial charge in [0.05, 0.1) is 18.3 Å². The summed E-state index contributed by atoms with van der Waals surface area (Å²) in [7, 11) is 0. The van der Waals surface area contributed by atoms with Crippen molar-refractivity contribution < 1.29 is 15.0 Å². The summed E-state index contributed by atoms with van der Waals surface area (Å²) < 4.78 is 0. The van der Waals surface area contributed by atoms with Crippen LogP contribution in [0, 0.1) is 0 Å². The average molecular weight is 350 g/mol. The lowest BCUT2D eigenvalue weighted by molar-refractivity contribution is 0.128. The number of anilines is 1. The molecule has 0 aliphatic heterocycles. The van der Waals surface area contributed by atoms with Crippen LogP contribution in [0.3, 0.4) is 0 Å². The van der Waals surface area contributed by atoms with Crippen molar-refractivity contribution in [3.8, 4) is 5.75 Å². The van der Waals surface area contributed by atoms with Crippen molar-refractivity contribution in [1.29, 1.82) is 0 Å². The third kappa shape index (κ3) is 3.95. The van der Waals surface area contributed by atoms with Crippen LogP contribution in [0.4, 0.5) is 10.5 Å². The summed E-state index contributed by atoms with van der Waals surface area (Å²) in [5.74, 6) is 0.0878. The molecule has 5 nitrogen and oxygen atoms in total. The molecule has 0 aliphatic carbocycles. The van der Waals surface area contributed by atoms with Crippen LogP contribution in [0.5, 0.6) is 5.75 Å². The van der Waals surface area contributed by atoms with Crippen molar-refractivity contribution >= 4 is 22.5 Å². The molecule has 5 heteroatoms. The quantitative estimate of drug-likeness (QED) is 0.648. The third-order valence-corrected chi connectivity index (χ3v) is 4.35. The lowest BCUT2D eigenvalue weighted by atomic mass is 10.1. The summed E-state index contributed by atoms with van der Waals surface area (Å²) in [5.41, 5.74) is 1.31. The topological polar surface area (TPSA) is 72.8 Å². The molecule has 0 saturated heterocycles. The van der Waals surface area contributed by atoms with Gasteiger partial charge >= 0.3 is 6.03 Å². The minimum atomic E-state index is -0.875. The van der Waals surface area contributed by atoms with Gasteiger partial charge in [-0.2, -0.15) is 0 Å². The predicted octanol–water partition coefficient (Wildman–Crippen LogP) is 4.13. The van der Waals surface area contributed by atoms with Crippen LogP contribution in [0.25, 0.3) is 10.8 Å². The summed E-state index contributed by atoms with van der Waals surface area (Å²) in [6.45, 7) is 2.45. The normalized spacial score (nSPS) is 11.9. The molecule has 0 aromatic heterocycles. The first-order valence-electron chi connectivity index (χ1n) is 8.59. The van der Waals surface area contributed by atoms with Gasteiger partial charge in [0.25, 0.3) is 0 Å². The Bertz CT molecular complexity index is 905. The summed E-state index contributed by atoms with van der Waals surface area (Å²) in [6, 6.07) is 19.8. The minimum absolute atomic E-state index is 0.0878. The van der Waals surface area contributed by atoms with Gasteiger partial charge in [-0.25, -0.2) is 4.79 Å². The van der Waals surface area contributed by atoms with E-state index in [1.807, 2.05) is 49.4 Å². The van der Waals surface area contributed by atoms with Gasteiger partial charge in [0, 0.05) is 11.9 Å². The average Bonchev–Trinajstić information content (AvgIpc) is 2.66. The van der Waals surface area contributed by atoms with Gasteiger partial charge in [-0.15, -0.1) is 0 Å². The molecule has 0 radical (unpaired) electrons. The smallest absolute Gasteiger partial charge is 0.321 e. The number of carbonyl (C=O) groups is 1. The fourth-order valence-corrected chi connectivity index (χ4v) is 2.93. The van der Waals surface area contributed by atoms with E-state index in [9.17, 15) is 15.0 Å². The number of benzene rings is 3. The molecule has 26 heavy (non-hydrogen) atoms. The summed E-state index contributed by atoms with van der Waals surface area (Å²) in [5, 5.41) is 24.9. The maximum atomic E-state index is 12.7. The van der Waals surface area contributed by atoms with Gasteiger partial charge < -0.3 is 20.4 Å². The van der Waals surface area contributed by atoms with Crippen molar-refractivity contribution in [3.05, 3.63) is 72.3 Å². The first kappa shape index (κ1) is 17.8. The molecule has 0 heterocycles. The Kier molecular flexibility index (Phi) is 5.39. The SMILES string of the molecule is CCN(C[C@@H](O)c1cccc(O)c1)C(=O)Nc1cccc2ccccc12. The number of urea groups is 1. The van der Waals surface area contributed by atoms with Gasteiger partial charge in [-0.3, -0.25) is 0 Å². The molecule has 0 spiro atoms. The number of phenolic OH excluding ortho intramolecular Hbond substituents is 1. The van der Waals surface area contributed by atoms with E-state index in [0.717, 1.165) is 16.5 Å². The fraction of sp³-hybridized carbons (Fsp3) is 0.190. The number of hydrogen-bond acceptors (Lipinski definition) is 3. The van der Waals surface area contributed by atoms with Gasteiger partial charge in [0.1, 0.15) is 5.75 Å². The zero-order chi connectivity index (χ0) is 18.5. The number of carbonyl (C=O) groups excluding carboxylic acids is 1. The van der Waals surface area contributed by atoms with Gasteiger partial charge in [0.2, 0.25) is 0 Å². The number of phenols is 1. The molecule has 1 atom stereocenters. The largest absolute Gasteiger partial charge is 0.508 e. The Morgan fingerprint density at radius 2 is 1.81 bits per heavy atom. The Morgan fingerprint density at radius 1 is 1.08 bits per heavy atom. The fourth-order valence-electron chi connectivity index (χ4n) is 2.93. The molecule has 3 rings (SSSR count). The van der Waals surface area contributed by atoms with E-state index in [4.69, 9.17) is 0 Å². The monoisotopic (exact) mass is 350 g/mol. The molecule has 2 amide bonds. The summed E-state index contributed by atoms with van der Waals surface area (Å²) >= 11 is 0. The number of nitrogens with one attached hydrogen (secondary N) is 1. The van der Waals surface area contributed by atoms with Crippen LogP contribution >= 0.6 is 0 Å². The van der Waals surface area contributed by atoms with E-state index < -0.39 is 6.10 Å². The molecule has 0 fully saturated rings. The maximum Gasteiger partial charge on any atom is 0.321 e. The third-order valence-electron chi connectivity index (χ3n) is 4.35. The number of aliphatic hydroxyl groups excluding tert-OH is 1. The second kappa shape index (κ2) is 7.89. The molecular formula is C21H22N2O3. The Hall–Kier alpha value is -3.05. The van der Waals surface area contributed by atoms with E-state index in [2.05, 4.69) is 5.32 Å². The zero-order valence-corrected chi connectivity index (χ0v) is 14.6. The Morgan fingerprint density at radius 3 is 2.58 bits per heavy atom. The van der Waals surface area contributed by atoms with Crippen LogP contribution in [0.2, 0.25) is 0 Å². The second-order valence-corrected chi connectivity index (χ2v) is 6.11. The second-order valence-electron chi connectivity index (χ2n) is 6.11. The van der Waals surface area contributed by atoms with E-state index in [1.165, 1.54) is 11.0 Å². The number of nitrogens with zero attached hydrogens (tertiary/aromatic N) is 1. The highest BCUT2D eigenvalue weighted by atomic mass is 16.3. The molecule has 134 valence electrons. The van der Waals surface area contributed by atoms with E-state index in [1.54, 1.807) is 18.2 Å². The van der Waals surface area contributed by atoms with E-state index >= 15 is 0 Å². The highest BCUT2D eigenvalue weighted by Gasteiger charge is 2.18. The molecule has 0 saturated carbocycles. The van der Waals surface area contributed by atoms with Crippen molar-refractivity contribution in [1.82, 2.24) is 4.90 Å². The van der Waals surface area contributed by atoms with Crippen molar-refractivity contribution in [2.75, 3.05) is 18.4 Å². The number of rotatable bonds is 5. The predicted molar refractivity (Wildman–Crippen MR) is 103 cm³/mol. The molecular weight excluding hydrogens is 328 g/mol. The molecule has 3 N–H and O–H groups in total. The van der Waals surface area contributed by atoms with Crippen LogP contribution in [-0.2, 0) is 0 Å². The van der Waals surface area contributed by atoms with Crippen molar-refractivity contribution in [2.24, 2.45) is 0 Å². The summed E-state index contributed by atoms with van der Waals surface area (Å²) in [4.78, 5) is 14.2. The van der Waals surface area contributed by atoms with E-state index in [0.29, 0.717) is 12.1 Å². The molecule has 3 aromatic carbocycles. The van der Waals surface area contributed by atoms with Gasteiger partial charge in [-0.05, 0) is 36.1 Å². The number of aliphatic hydroxyl groups is 1. The number of aromatic hydroxyl groups is 1. The Balaban J connectivity index is 1.74. The van der Waals surface area contributed by atoms with Gasteiger partial charge in [-0.1, -0.05) is 48.5 Å². The molecule has 0 aliphatic rings. The number of likely N-dealkylation sites (N-methyl/N-ethyl adjacent to an activating group) is 1.